The summed E-state index contributed by atoms with van der Waals surface area (Å²) in [5.41, 5.74) is 0.645. The second-order valence-electron chi connectivity index (χ2n) is 6.51. The van der Waals surface area contributed by atoms with E-state index >= 15 is 0 Å². The molecule has 0 radical (unpaired) electrons. The summed E-state index contributed by atoms with van der Waals surface area (Å²) in [6, 6.07) is 7.91. The molecule has 3 aromatic rings. The highest BCUT2D eigenvalue weighted by molar-refractivity contribution is 5.85. The number of benzene rings is 1. The topological polar surface area (TPSA) is 75.7 Å². The Morgan fingerprint density at radius 2 is 2.04 bits per heavy atom. The number of anilines is 1. The summed E-state index contributed by atoms with van der Waals surface area (Å²) in [6.07, 6.45) is 5.18. The fraction of sp³-hybridized carbons (Fsp3) is 0.389. The van der Waals surface area contributed by atoms with Crippen LogP contribution in [0.5, 0.6) is 0 Å². The molecule has 4 rings (SSSR count). The minimum Gasteiger partial charge on any atom is -0.371 e. The number of rotatable bonds is 6. The predicted molar refractivity (Wildman–Crippen MR) is 93.0 cm³/mol. The first kappa shape index (κ1) is 16.8. The van der Waals surface area contributed by atoms with Crippen molar-refractivity contribution in [3.8, 4) is 0 Å². The molecular formula is C18H19F2N5O. The molecule has 1 aromatic carbocycles. The highest BCUT2D eigenvalue weighted by Gasteiger charge is 2.34. The average Bonchev–Trinajstić information content (AvgIpc) is 3.31. The third-order valence-electron chi connectivity index (χ3n) is 4.67. The number of ether oxygens (including phenoxy) is 1. The molecule has 0 saturated heterocycles. The van der Waals surface area contributed by atoms with Crippen molar-refractivity contribution in [2.45, 2.75) is 37.3 Å². The fourth-order valence-corrected chi connectivity index (χ4v) is 3.28. The first-order valence-corrected chi connectivity index (χ1v) is 8.57. The number of fused-ring (bicyclic) bond motifs is 1. The summed E-state index contributed by atoms with van der Waals surface area (Å²) in [4.78, 5) is 8.35. The van der Waals surface area contributed by atoms with Gasteiger partial charge in [-0.05, 0) is 19.3 Å². The number of hydrogen-bond acceptors (Lipinski definition) is 5. The largest absolute Gasteiger partial charge is 0.371 e. The van der Waals surface area contributed by atoms with E-state index in [-0.39, 0.29) is 17.7 Å². The molecule has 6 nitrogen and oxygen atoms in total. The van der Waals surface area contributed by atoms with Crippen molar-refractivity contribution >= 4 is 16.9 Å². The van der Waals surface area contributed by atoms with Gasteiger partial charge >= 0.3 is 0 Å². The van der Waals surface area contributed by atoms with Gasteiger partial charge in [-0.15, -0.1) is 0 Å². The van der Waals surface area contributed by atoms with Gasteiger partial charge in [-0.3, -0.25) is 5.10 Å². The minimum absolute atomic E-state index is 0.0176. The lowest BCUT2D eigenvalue weighted by Gasteiger charge is -2.20. The van der Waals surface area contributed by atoms with Gasteiger partial charge in [-0.1, -0.05) is 30.3 Å². The van der Waals surface area contributed by atoms with Gasteiger partial charge in [0.05, 0.1) is 17.7 Å². The van der Waals surface area contributed by atoms with Gasteiger partial charge < -0.3 is 10.1 Å². The summed E-state index contributed by atoms with van der Waals surface area (Å²) in [5.74, 6) is -2.29. The molecule has 2 N–H and O–H groups in total. The Bertz CT molecular complexity index is 870. The Labute approximate surface area is 149 Å². The van der Waals surface area contributed by atoms with Crippen LogP contribution in [0.3, 0.4) is 0 Å². The van der Waals surface area contributed by atoms with Crippen LogP contribution < -0.4 is 5.32 Å². The molecule has 1 aliphatic carbocycles. The van der Waals surface area contributed by atoms with E-state index < -0.39 is 12.5 Å². The second-order valence-corrected chi connectivity index (χ2v) is 6.51. The molecular weight excluding hydrogens is 340 g/mol. The van der Waals surface area contributed by atoms with E-state index in [0.717, 1.165) is 18.2 Å². The molecule has 0 amide bonds. The van der Waals surface area contributed by atoms with E-state index in [1.165, 1.54) is 18.5 Å². The van der Waals surface area contributed by atoms with E-state index in [1.54, 1.807) is 24.4 Å². The molecule has 1 saturated carbocycles. The van der Waals surface area contributed by atoms with Crippen LogP contribution in [0.1, 0.15) is 24.8 Å². The standard InChI is InChI=1S/C18H19F2N5O/c19-18(20,12-4-2-1-3-5-12)10-26-14-7-6-13(8-14)24-16-15-9-23-25-17(15)22-11-21-16/h1-5,9,11,13-14H,6-8,10H2,(H2,21,22,23,24,25)/t13?,14-/m0/s1. The van der Waals surface area contributed by atoms with Crippen molar-refractivity contribution in [2.24, 2.45) is 0 Å². The monoisotopic (exact) mass is 359 g/mol. The Balaban J connectivity index is 1.33. The second kappa shape index (κ2) is 6.95. The van der Waals surface area contributed by atoms with E-state index in [2.05, 4.69) is 25.5 Å². The SMILES string of the molecule is FC(F)(CO[C@H]1CCC(Nc2ncnc3[nH]ncc23)C1)c1ccccc1. The van der Waals surface area contributed by atoms with Crippen LogP contribution >= 0.6 is 0 Å². The molecule has 0 aliphatic heterocycles. The first-order chi connectivity index (χ1) is 12.6. The van der Waals surface area contributed by atoms with Gasteiger partial charge in [-0.2, -0.15) is 13.9 Å². The van der Waals surface area contributed by atoms with Crippen LogP contribution in [-0.4, -0.2) is 38.9 Å². The number of H-pyrrole nitrogens is 1. The maximum absolute atomic E-state index is 14.2. The third kappa shape index (κ3) is 3.50. The molecule has 2 atom stereocenters. The van der Waals surface area contributed by atoms with Gasteiger partial charge in [-0.25, -0.2) is 9.97 Å². The Kier molecular flexibility index (Phi) is 4.50. The number of nitrogens with zero attached hydrogens (tertiary/aromatic N) is 3. The number of aromatic amines is 1. The van der Waals surface area contributed by atoms with E-state index in [9.17, 15) is 8.78 Å². The Morgan fingerprint density at radius 1 is 1.19 bits per heavy atom. The molecule has 1 unspecified atom stereocenters. The fourth-order valence-electron chi connectivity index (χ4n) is 3.28. The minimum atomic E-state index is -2.98. The number of halogens is 2. The normalized spacial score (nSPS) is 20.5. The molecule has 2 aromatic heterocycles. The summed E-state index contributed by atoms with van der Waals surface area (Å²) in [6.45, 7) is -0.603. The maximum atomic E-state index is 14.2. The quantitative estimate of drug-likeness (QED) is 0.705. The molecule has 1 fully saturated rings. The highest BCUT2D eigenvalue weighted by atomic mass is 19.3. The molecule has 26 heavy (non-hydrogen) atoms. The van der Waals surface area contributed by atoms with Gasteiger partial charge in [0.25, 0.3) is 5.92 Å². The lowest BCUT2D eigenvalue weighted by molar-refractivity contribution is -0.103. The van der Waals surface area contributed by atoms with Crippen LogP contribution in [0.15, 0.2) is 42.9 Å². The zero-order valence-electron chi connectivity index (χ0n) is 14.0. The van der Waals surface area contributed by atoms with Crippen LogP contribution in [0.4, 0.5) is 14.6 Å². The third-order valence-corrected chi connectivity index (χ3v) is 4.67. The number of aromatic nitrogens is 4. The van der Waals surface area contributed by atoms with E-state index in [1.807, 2.05) is 0 Å². The van der Waals surface area contributed by atoms with Gasteiger partial charge in [0.2, 0.25) is 0 Å². The molecule has 8 heteroatoms. The van der Waals surface area contributed by atoms with Crippen molar-refractivity contribution in [1.29, 1.82) is 0 Å². The zero-order valence-corrected chi connectivity index (χ0v) is 14.0. The summed E-state index contributed by atoms with van der Waals surface area (Å²) in [5, 5.41) is 10.9. The summed E-state index contributed by atoms with van der Waals surface area (Å²) in [7, 11) is 0. The highest BCUT2D eigenvalue weighted by Crippen LogP contribution is 2.32. The lowest BCUT2D eigenvalue weighted by atomic mass is 10.1. The van der Waals surface area contributed by atoms with Crippen LogP contribution in [0, 0.1) is 0 Å². The van der Waals surface area contributed by atoms with Crippen LogP contribution in [0.25, 0.3) is 11.0 Å². The number of nitrogens with one attached hydrogen (secondary N) is 2. The molecule has 136 valence electrons. The van der Waals surface area contributed by atoms with Crippen LogP contribution in [0.2, 0.25) is 0 Å². The van der Waals surface area contributed by atoms with Gasteiger partial charge in [0.1, 0.15) is 18.8 Å². The maximum Gasteiger partial charge on any atom is 0.296 e. The average molecular weight is 359 g/mol. The van der Waals surface area contributed by atoms with Crippen molar-refractivity contribution in [3.63, 3.8) is 0 Å². The van der Waals surface area contributed by atoms with Gasteiger partial charge in [0.15, 0.2) is 5.65 Å². The van der Waals surface area contributed by atoms with Gasteiger partial charge in [0, 0.05) is 11.6 Å². The van der Waals surface area contributed by atoms with Crippen LogP contribution in [-0.2, 0) is 10.7 Å². The molecule has 0 bridgehead atoms. The lowest BCUT2D eigenvalue weighted by Crippen LogP contribution is -2.25. The predicted octanol–water partition coefficient (Wildman–Crippen LogP) is 3.49. The van der Waals surface area contributed by atoms with E-state index in [0.29, 0.717) is 17.9 Å². The van der Waals surface area contributed by atoms with Crippen molar-refractivity contribution < 1.29 is 13.5 Å². The van der Waals surface area contributed by atoms with Crippen molar-refractivity contribution in [1.82, 2.24) is 20.2 Å². The molecule has 1 aliphatic rings. The number of hydrogen-bond donors (Lipinski definition) is 2. The van der Waals surface area contributed by atoms with Crippen molar-refractivity contribution in [3.05, 3.63) is 48.4 Å². The smallest absolute Gasteiger partial charge is 0.296 e. The number of alkyl halides is 2. The molecule has 2 heterocycles. The first-order valence-electron chi connectivity index (χ1n) is 8.57. The summed E-state index contributed by atoms with van der Waals surface area (Å²) >= 11 is 0. The Morgan fingerprint density at radius 3 is 2.88 bits per heavy atom. The molecule has 0 spiro atoms. The van der Waals surface area contributed by atoms with E-state index in [4.69, 9.17) is 4.74 Å². The van der Waals surface area contributed by atoms with Crippen molar-refractivity contribution in [2.75, 3.05) is 11.9 Å². The Hall–Kier alpha value is -2.61. The summed E-state index contributed by atoms with van der Waals surface area (Å²) < 4.78 is 34.0. The zero-order chi connectivity index (χ0) is 18.0.